The lowest BCUT2D eigenvalue weighted by atomic mass is 9.95. The van der Waals surface area contributed by atoms with Crippen LogP contribution in [0, 0.1) is 12.3 Å². The summed E-state index contributed by atoms with van der Waals surface area (Å²) in [5, 5.41) is 2.09. The molecule has 0 amide bonds. The van der Waals surface area contributed by atoms with E-state index in [0.29, 0.717) is 6.54 Å². The topological polar surface area (TPSA) is 38.4 Å². The molecule has 1 rings (SSSR count). The molecular weight excluding hydrogens is 192 g/mol. The standard InChI is InChI=1S/C11H18N2S/c1-8-5-6-14-9(8)7-13-10(12)11(2,3)4/h5-6H,7H2,1-4H3,(H2,12,13). The van der Waals surface area contributed by atoms with Crippen LogP contribution in [0.4, 0.5) is 0 Å². The smallest absolute Gasteiger partial charge is 0.0995 e. The van der Waals surface area contributed by atoms with E-state index in [0.717, 1.165) is 5.84 Å². The summed E-state index contributed by atoms with van der Waals surface area (Å²) in [6, 6.07) is 2.11. The summed E-state index contributed by atoms with van der Waals surface area (Å²) >= 11 is 1.74. The Morgan fingerprint density at radius 3 is 2.57 bits per heavy atom. The van der Waals surface area contributed by atoms with Crippen LogP contribution in [0.25, 0.3) is 0 Å². The van der Waals surface area contributed by atoms with Gasteiger partial charge < -0.3 is 5.73 Å². The Kier molecular flexibility index (Phi) is 3.32. The van der Waals surface area contributed by atoms with Crippen LogP contribution < -0.4 is 5.73 Å². The van der Waals surface area contributed by atoms with Crippen LogP contribution in [-0.4, -0.2) is 5.84 Å². The number of hydrogen-bond donors (Lipinski definition) is 1. The van der Waals surface area contributed by atoms with E-state index in [1.165, 1.54) is 10.4 Å². The molecule has 3 heteroatoms. The maximum Gasteiger partial charge on any atom is 0.0995 e. The first-order chi connectivity index (χ1) is 6.41. The Hall–Kier alpha value is -0.830. The van der Waals surface area contributed by atoms with Crippen molar-refractivity contribution in [2.45, 2.75) is 34.2 Å². The lowest BCUT2D eigenvalue weighted by molar-refractivity contribution is 0.581. The number of amidine groups is 1. The number of thiophene rings is 1. The fourth-order valence-electron chi connectivity index (χ4n) is 0.960. The van der Waals surface area contributed by atoms with Crippen molar-refractivity contribution in [3.05, 3.63) is 21.9 Å². The molecule has 14 heavy (non-hydrogen) atoms. The summed E-state index contributed by atoms with van der Waals surface area (Å²) in [7, 11) is 0. The molecule has 0 unspecified atom stereocenters. The molecule has 0 spiro atoms. The number of rotatable bonds is 2. The van der Waals surface area contributed by atoms with Gasteiger partial charge in [-0.3, -0.25) is 4.99 Å². The highest BCUT2D eigenvalue weighted by Crippen LogP contribution is 2.18. The van der Waals surface area contributed by atoms with Crippen molar-refractivity contribution in [2.24, 2.45) is 16.1 Å². The molecule has 2 nitrogen and oxygen atoms in total. The Labute approximate surface area is 89.9 Å². The summed E-state index contributed by atoms with van der Waals surface area (Å²) in [5.74, 6) is 0.727. The maximum atomic E-state index is 5.87. The number of nitrogens with zero attached hydrogens (tertiary/aromatic N) is 1. The van der Waals surface area contributed by atoms with Crippen molar-refractivity contribution in [3.8, 4) is 0 Å². The van der Waals surface area contributed by atoms with E-state index in [-0.39, 0.29) is 5.41 Å². The second-order valence-corrected chi connectivity index (χ2v) is 5.48. The molecule has 0 atom stereocenters. The van der Waals surface area contributed by atoms with Gasteiger partial charge in [-0.15, -0.1) is 11.3 Å². The van der Waals surface area contributed by atoms with Crippen molar-refractivity contribution in [1.82, 2.24) is 0 Å². The van der Waals surface area contributed by atoms with Gasteiger partial charge in [0, 0.05) is 10.3 Å². The van der Waals surface area contributed by atoms with Crippen LogP contribution in [0.1, 0.15) is 31.2 Å². The van der Waals surface area contributed by atoms with Gasteiger partial charge in [-0.05, 0) is 23.9 Å². The number of aryl methyl sites for hydroxylation is 1. The molecule has 0 bridgehead atoms. The van der Waals surface area contributed by atoms with Crippen molar-refractivity contribution in [3.63, 3.8) is 0 Å². The Morgan fingerprint density at radius 2 is 2.14 bits per heavy atom. The third-order valence-electron chi connectivity index (χ3n) is 2.13. The molecule has 0 aliphatic heterocycles. The predicted molar refractivity (Wildman–Crippen MR) is 63.8 cm³/mol. The summed E-state index contributed by atoms with van der Waals surface area (Å²) < 4.78 is 0. The molecule has 0 aliphatic rings. The molecule has 2 N–H and O–H groups in total. The molecule has 1 heterocycles. The molecule has 1 aromatic rings. The Morgan fingerprint density at radius 1 is 1.50 bits per heavy atom. The van der Waals surface area contributed by atoms with Crippen molar-refractivity contribution >= 4 is 17.2 Å². The number of hydrogen-bond acceptors (Lipinski definition) is 2. The molecule has 0 saturated heterocycles. The first-order valence-corrected chi connectivity index (χ1v) is 5.62. The third-order valence-corrected chi connectivity index (χ3v) is 3.14. The zero-order valence-electron chi connectivity index (χ0n) is 9.29. The fourth-order valence-corrected chi connectivity index (χ4v) is 1.79. The van der Waals surface area contributed by atoms with Crippen molar-refractivity contribution in [1.29, 1.82) is 0 Å². The zero-order valence-corrected chi connectivity index (χ0v) is 10.1. The Balaban J connectivity index is 2.69. The first-order valence-electron chi connectivity index (χ1n) is 4.74. The summed E-state index contributed by atoms with van der Waals surface area (Å²) in [4.78, 5) is 5.71. The predicted octanol–water partition coefficient (Wildman–Crippen LogP) is 2.96. The van der Waals surface area contributed by atoms with E-state index in [2.05, 4.69) is 44.1 Å². The van der Waals surface area contributed by atoms with E-state index < -0.39 is 0 Å². The summed E-state index contributed by atoms with van der Waals surface area (Å²) in [6.07, 6.45) is 0. The largest absolute Gasteiger partial charge is 0.387 e. The van der Waals surface area contributed by atoms with Gasteiger partial charge in [0.1, 0.15) is 0 Å². The minimum atomic E-state index is -0.0227. The summed E-state index contributed by atoms with van der Waals surface area (Å²) in [5.41, 5.74) is 7.16. The van der Waals surface area contributed by atoms with Crippen molar-refractivity contribution in [2.75, 3.05) is 0 Å². The van der Waals surface area contributed by atoms with E-state index in [4.69, 9.17) is 5.73 Å². The molecule has 1 aromatic heterocycles. The van der Waals surface area contributed by atoms with E-state index in [9.17, 15) is 0 Å². The number of aliphatic imine (C=N–C) groups is 1. The molecule has 0 saturated carbocycles. The highest BCUT2D eigenvalue weighted by molar-refractivity contribution is 7.10. The molecule has 0 radical (unpaired) electrons. The highest BCUT2D eigenvalue weighted by Gasteiger charge is 2.14. The van der Waals surface area contributed by atoms with Gasteiger partial charge in [-0.25, -0.2) is 0 Å². The normalized spacial score (nSPS) is 13.3. The van der Waals surface area contributed by atoms with Crippen LogP contribution in [-0.2, 0) is 6.54 Å². The van der Waals surface area contributed by atoms with E-state index in [1.807, 2.05) is 0 Å². The second-order valence-electron chi connectivity index (χ2n) is 4.48. The molecule has 0 aliphatic carbocycles. The molecular formula is C11H18N2S. The molecule has 0 aromatic carbocycles. The second kappa shape index (κ2) is 4.13. The van der Waals surface area contributed by atoms with Crippen LogP contribution >= 0.6 is 11.3 Å². The van der Waals surface area contributed by atoms with Crippen molar-refractivity contribution < 1.29 is 0 Å². The number of nitrogens with two attached hydrogens (primary N) is 1. The first kappa shape index (κ1) is 11.2. The van der Waals surface area contributed by atoms with Gasteiger partial charge in [-0.2, -0.15) is 0 Å². The maximum absolute atomic E-state index is 5.87. The van der Waals surface area contributed by atoms with E-state index >= 15 is 0 Å². The SMILES string of the molecule is Cc1ccsc1CN=C(N)C(C)(C)C. The summed E-state index contributed by atoms with van der Waals surface area (Å²) in [6.45, 7) is 9.05. The highest BCUT2D eigenvalue weighted by atomic mass is 32.1. The third kappa shape index (κ3) is 2.84. The van der Waals surface area contributed by atoms with Gasteiger partial charge in [-0.1, -0.05) is 20.8 Å². The fraction of sp³-hybridized carbons (Fsp3) is 0.545. The van der Waals surface area contributed by atoms with Crippen LogP contribution in [0.15, 0.2) is 16.4 Å². The minimum absolute atomic E-state index is 0.0227. The lowest BCUT2D eigenvalue weighted by Gasteiger charge is -2.17. The minimum Gasteiger partial charge on any atom is -0.387 e. The van der Waals surface area contributed by atoms with Gasteiger partial charge in [0.25, 0.3) is 0 Å². The van der Waals surface area contributed by atoms with Gasteiger partial charge in [0.15, 0.2) is 0 Å². The average molecular weight is 210 g/mol. The van der Waals surface area contributed by atoms with Gasteiger partial charge in [0.2, 0.25) is 0 Å². The van der Waals surface area contributed by atoms with Gasteiger partial charge in [0.05, 0.1) is 12.4 Å². The van der Waals surface area contributed by atoms with Crippen LogP contribution in [0.3, 0.4) is 0 Å². The van der Waals surface area contributed by atoms with Gasteiger partial charge >= 0.3 is 0 Å². The lowest BCUT2D eigenvalue weighted by Crippen LogP contribution is -2.28. The monoisotopic (exact) mass is 210 g/mol. The zero-order chi connectivity index (χ0) is 10.8. The van der Waals surface area contributed by atoms with Crippen LogP contribution in [0.5, 0.6) is 0 Å². The average Bonchev–Trinajstić information content (AvgIpc) is 2.45. The Bertz CT molecular complexity index is 331. The quantitative estimate of drug-likeness (QED) is 0.591. The molecule has 78 valence electrons. The van der Waals surface area contributed by atoms with E-state index in [1.54, 1.807) is 11.3 Å². The van der Waals surface area contributed by atoms with Crippen LogP contribution in [0.2, 0.25) is 0 Å². The molecule has 0 fully saturated rings.